The van der Waals surface area contributed by atoms with E-state index in [-0.39, 0.29) is 17.2 Å². The van der Waals surface area contributed by atoms with Crippen LogP contribution in [0.1, 0.15) is 55.8 Å². The van der Waals surface area contributed by atoms with E-state index >= 15 is 0 Å². The Morgan fingerprint density at radius 3 is 2.87 bits per heavy atom. The van der Waals surface area contributed by atoms with Crippen molar-refractivity contribution >= 4 is 17.5 Å². The largest absolute Gasteiger partial charge is 0.362 e. The number of carbonyl (C=O) groups excluding carboxylic acids is 2. The fourth-order valence-electron chi connectivity index (χ4n) is 7.24. The summed E-state index contributed by atoms with van der Waals surface area (Å²) in [5.74, 6) is 0.746. The molecule has 3 aliphatic carbocycles. The van der Waals surface area contributed by atoms with Gasteiger partial charge in [-0.15, -0.1) is 0 Å². The third-order valence-corrected chi connectivity index (χ3v) is 8.87. The van der Waals surface area contributed by atoms with Crippen molar-refractivity contribution in [3.63, 3.8) is 0 Å². The van der Waals surface area contributed by atoms with Crippen molar-refractivity contribution in [2.45, 2.75) is 57.2 Å². The molecule has 3 saturated carbocycles. The van der Waals surface area contributed by atoms with E-state index in [1.807, 2.05) is 24.3 Å². The molecule has 2 N–H and O–H groups in total. The Morgan fingerprint density at radius 1 is 1.13 bits per heavy atom. The van der Waals surface area contributed by atoms with Crippen LogP contribution in [-0.2, 0) is 4.79 Å². The molecule has 0 aromatic heterocycles. The van der Waals surface area contributed by atoms with Gasteiger partial charge in [0.1, 0.15) is 5.66 Å². The SMILES string of the molecule is C[C@@]12CC[C@@H](C[C@@H]1C(=O)N1CCN3CCC[C@@H]3C1)[C@]1(C2)NC(=O)c2ccccc2N1. The molecular weight excluding hydrogens is 376 g/mol. The minimum Gasteiger partial charge on any atom is -0.362 e. The number of nitrogens with one attached hydrogen (secondary N) is 2. The molecule has 30 heavy (non-hydrogen) atoms. The zero-order valence-electron chi connectivity index (χ0n) is 17.8. The van der Waals surface area contributed by atoms with Crippen LogP contribution >= 0.6 is 0 Å². The standard InChI is InChI=1S/C24H32N4O2/c1-23-9-8-16(24(15-23)25-20-7-3-2-6-18(20)21(29)26-24)13-19(23)22(30)28-12-11-27-10-4-5-17(27)14-28/h2-3,6-7,16-17,19,25H,4-5,8-15H2,1H3,(H,26,29)/t16-,17+,19+,23-,24-/m0/s1. The van der Waals surface area contributed by atoms with Crippen molar-refractivity contribution in [3.8, 4) is 0 Å². The van der Waals surface area contributed by atoms with Crippen LogP contribution in [0.15, 0.2) is 24.3 Å². The molecular formula is C24H32N4O2. The van der Waals surface area contributed by atoms with Gasteiger partial charge in [-0.25, -0.2) is 0 Å². The molecule has 7 rings (SSSR count). The Morgan fingerprint density at radius 2 is 2.00 bits per heavy atom. The monoisotopic (exact) mass is 408 g/mol. The van der Waals surface area contributed by atoms with E-state index in [0.717, 1.165) is 56.6 Å². The second kappa shape index (κ2) is 6.46. The van der Waals surface area contributed by atoms with E-state index < -0.39 is 5.66 Å². The lowest BCUT2D eigenvalue weighted by molar-refractivity contribution is -0.153. The average Bonchev–Trinajstić information content (AvgIpc) is 3.21. The van der Waals surface area contributed by atoms with E-state index in [0.29, 0.717) is 17.9 Å². The third kappa shape index (κ3) is 2.65. The highest BCUT2D eigenvalue weighted by molar-refractivity contribution is 6.02. The van der Waals surface area contributed by atoms with Gasteiger partial charge in [-0.3, -0.25) is 14.5 Å². The summed E-state index contributed by atoms with van der Waals surface area (Å²) < 4.78 is 0. The number of hydrogen-bond acceptors (Lipinski definition) is 4. The minimum atomic E-state index is -0.417. The number of piperazine rings is 1. The van der Waals surface area contributed by atoms with Gasteiger partial charge in [-0.2, -0.15) is 0 Å². The molecule has 1 aromatic carbocycles. The summed E-state index contributed by atoms with van der Waals surface area (Å²) in [6, 6.07) is 8.34. The van der Waals surface area contributed by atoms with Crippen LogP contribution in [0.2, 0.25) is 0 Å². The van der Waals surface area contributed by atoms with Crippen LogP contribution in [0.25, 0.3) is 0 Å². The lowest BCUT2D eigenvalue weighted by Crippen LogP contribution is -2.70. The van der Waals surface area contributed by atoms with Crippen LogP contribution in [0.4, 0.5) is 5.69 Å². The summed E-state index contributed by atoms with van der Waals surface area (Å²) in [4.78, 5) is 31.3. The Bertz CT molecular complexity index is 903. The molecule has 1 aromatic rings. The van der Waals surface area contributed by atoms with Gasteiger partial charge in [-0.05, 0) is 62.6 Å². The second-order valence-electron chi connectivity index (χ2n) is 10.6. The highest BCUT2D eigenvalue weighted by Crippen LogP contribution is 2.58. The molecule has 0 unspecified atom stereocenters. The fourth-order valence-corrected chi connectivity index (χ4v) is 7.24. The summed E-state index contributed by atoms with van der Waals surface area (Å²) in [6.45, 7) is 6.30. The highest BCUT2D eigenvalue weighted by atomic mass is 16.2. The smallest absolute Gasteiger partial charge is 0.255 e. The van der Waals surface area contributed by atoms with E-state index in [4.69, 9.17) is 0 Å². The molecule has 6 nitrogen and oxygen atoms in total. The molecule has 0 radical (unpaired) electrons. The Labute approximate surface area is 178 Å². The number of rotatable bonds is 1. The van der Waals surface area contributed by atoms with Crippen molar-refractivity contribution in [2.75, 3.05) is 31.5 Å². The molecule has 160 valence electrons. The highest BCUT2D eigenvalue weighted by Gasteiger charge is 2.60. The summed E-state index contributed by atoms with van der Waals surface area (Å²) in [6.07, 6.45) is 6.32. The molecule has 1 spiro atoms. The van der Waals surface area contributed by atoms with Gasteiger partial charge in [0.25, 0.3) is 5.91 Å². The molecule has 6 heteroatoms. The van der Waals surface area contributed by atoms with Crippen LogP contribution in [0.3, 0.4) is 0 Å². The normalized spacial score (nSPS) is 40.0. The van der Waals surface area contributed by atoms with E-state index in [9.17, 15) is 9.59 Å². The second-order valence-corrected chi connectivity index (χ2v) is 10.6. The Hall–Kier alpha value is -2.08. The maximum atomic E-state index is 13.7. The van der Waals surface area contributed by atoms with Gasteiger partial charge in [0.15, 0.2) is 0 Å². The van der Waals surface area contributed by atoms with Crippen molar-refractivity contribution in [1.29, 1.82) is 0 Å². The number of hydrogen-bond donors (Lipinski definition) is 2. The fraction of sp³-hybridized carbons (Fsp3) is 0.667. The first-order valence-electron chi connectivity index (χ1n) is 11.7. The lowest BCUT2D eigenvalue weighted by Gasteiger charge is -2.61. The van der Waals surface area contributed by atoms with Crippen molar-refractivity contribution in [1.82, 2.24) is 15.1 Å². The number of nitrogens with zero attached hydrogens (tertiary/aromatic N) is 2. The van der Waals surface area contributed by atoms with Gasteiger partial charge >= 0.3 is 0 Å². The number of para-hydroxylation sites is 1. The summed E-state index contributed by atoms with van der Waals surface area (Å²) in [7, 11) is 0. The summed E-state index contributed by atoms with van der Waals surface area (Å²) in [5.41, 5.74) is 1.15. The predicted octanol–water partition coefficient (Wildman–Crippen LogP) is 2.67. The van der Waals surface area contributed by atoms with E-state index in [1.165, 1.54) is 19.4 Å². The Balaban J connectivity index is 1.24. The lowest BCUT2D eigenvalue weighted by atomic mass is 9.51. The first-order chi connectivity index (χ1) is 14.5. The van der Waals surface area contributed by atoms with Crippen LogP contribution in [0, 0.1) is 17.3 Å². The maximum Gasteiger partial charge on any atom is 0.255 e. The van der Waals surface area contributed by atoms with Crippen LogP contribution in [0.5, 0.6) is 0 Å². The molecule has 2 amide bonds. The molecule has 2 bridgehead atoms. The van der Waals surface area contributed by atoms with Gasteiger partial charge in [0, 0.05) is 43.2 Å². The number of carbonyl (C=O) groups is 2. The topological polar surface area (TPSA) is 64.7 Å². The first-order valence-corrected chi connectivity index (χ1v) is 11.7. The maximum absolute atomic E-state index is 13.7. The van der Waals surface area contributed by atoms with Crippen molar-refractivity contribution in [2.24, 2.45) is 17.3 Å². The molecule has 3 heterocycles. The molecule has 6 aliphatic rings. The van der Waals surface area contributed by atoms with Crippen LogP contribution < -0.4 is 10.6 Å². The van der Waals surface area contributed by atoms with Gasteiger partial charge in [-0.1, -0.05) is 19.1 Å². The molecule has 3 aliphatic heterocycles. The van der Waals surface area contributed by atoms with Crippen molar-refractivity contribution < 1.29 is 9.59 Å². The number of anilines is 1. The zero-order valence-corrected chi connectivity index (χ0v) is 17.8. The molecule has 5 fully saturated rings. The molecule has 5 atom stereocenters. The van der Waals surface area contributed by atoms with Crippen molar-refractivity contribution in [3.05, 3.63) is 29.8 Å². The third-order valence-electron chi connectivity index (χ3n) is 8.87. The van der Waals surface area contributed by atoms with Gasteiger partial charge < -0.3 is 15.5 Å². The quantitative estimate of drug-likeness (QED) is 0.750. The number of benzene rings is 1. The number of fused-ring (bicyclic) bond motifs is 4. The average molecular weight is 409 g/mol. The van der Waals surface area contributed by atoms with E-state index in [2.05, 4.69) is 27.4 Å². The number of amides is 2. The first kappa shape index (κ1) is 18.7. The van der Waals surface area contributed by atoms with Crippen LogP contribution in [-0.4, -0.2) is 59.5 Å². The van der Waals surface area contributed by atoms with Gasteiger partial charge in [0.2, 0.25) is 5.91 Å². The summed E-state index contributed by atoms with van der Waals surface area (Å²) in [5, 5.41) is 7.04. The zero-order chi connectivity index (χ0) is 20.5. The summed E-state index contributed by atoms with van der Waals surface area (Å²) >= 11 is 0. The van der Waals surface area contributed by atoms with Gasteiger partial charge in [0.05, 0.1) is 5.56 Å². The molecule has 2 saturated heterocycles. The van der Waals surface area contributed by atoms with E-state index in [1.54, 1.807) is 0 Å². The predicted molar refractivity (Wildman–Crippen MR) is 115 cm³/mol. The Kier molecular flexibility index (Phi) is 4.02. The minimum absolute atomic E-state index is 0.0146.